The van der Waals surface area contributed by atoms with Crippen LogP contribution in [0.1, 0.15) is 61.4 Å². The van der Waals surface area contributed by atoms with Crippen LogP contribution in [0, 0.1) is 6.92 Å². The van der Waals surface area contributed by atoms with Crippen LogP contribution in [0.5, 0.6) is 0 Å². The first-order chi connectivity index (χ1) is 19.2. The summed E-state index contributed by atoms with van der Waals surface area (Å²) in [4.78, 5) is 28.0. The Bertz CT molecular complexity index is 1470. The molecule has 208 valence electrons. The number of hydrogen-bond acceptors (Lipinski definition) is 11. The van der Waals surface area contributed by atoms with Crippen LogP contribution >= 0.6 is 0 Å². The first-order valence-corrected chi connectivity index (χ1v) is 13.3. The van der Waals surface area contributed by atoms with Crippen molar-refractivity contribution in [2.75, 3.05) is 36.4 Å². The number of rotatable bonds is 7. The molecule has 0 aliphatic carbocycles. The van der Waals surface area contributed by atoms with Gasteiger partial charge in [-0.05, 0) is 43.2 Å². The number of benzene rings is 1. The third kappa shape index (κ3) is 6.23. The smallest absolute Gasteiger partial charge is 0.315 e. The lowest BCUT2D eigenvalue weighted by molar-refractivity contribution is 0.0895. The Morgan fingerprint density at radius 3 is 2.52 bits per heavy atom. The van der Waals surface area contributed by atoms with E-state index in [2.05, 4.69) is 51.2 Å². The summed E-state index contributed by atoms with van der Waals surface area (Å²) in [6.45, 7) is 13.5. The normalized spacial score (nSPS) is 14.6. The molecule has 4 aromatic rings. The van der Waals surface area contributed by atoms with Crippen molar-refractivity contribution in [3.8, 4) is 11.3 Å². The van der Waals surface area contributed by atoms with Crippen molar-refractivity contribution in [2.24, 2.45) is 0 Å². The molecule has 1 saturated heterocycles. The number of piperazine rings is 1. The van der Waals surface area contributed by atoms with Crippen molar-refractivity contribution < 1.29 is 9.32 Å². The summed E-state index contributed by atoms with van der Waals surface area (Å²) in [6, 6.07) is 11.5. The van der Waals surface area contributed by atoms with Gasteiger partial charge in [-0.25, -0.2) is 9.97 Å². The van der Waals surface area contributed by atoms with Crippen molar-refractivity contribution in [1.82, 2.24) is 40.9 Å². The average Bonchev–Trinajstić information content (AvgIpc) is 3.46. The number of amides is 1. The summed E-state index contributed by atoms with van der Waals surface area (Å²) in [5.41, 5.74) is 3.36. The first-order valence-electron chi connectivity index (χ1n) is 13.3. The second-order valence-electron chi connectivity index (χ2n) is 10.9. The predicted octanol–water partition coefficient (Wildman–Crippen LogP) is 3.57. The van der Waals surface area contributed by atoms with Gasteiger partial charge in [0.15, 0.2) is 17.5 Å². The average molecular weight is 543 g/mol. The Morgan fingerprint density at radius 1 is 1.05 bits per heavy atom. The molecule has 4 heterocycles. The second kappa shape index (κ2) is 11.3. The van der Waals surface area contributed by atoms with Gasteiger partial charge in [0, 0.05) is 43.2 Å². The number of carbonyl (C=O) groups is 1. The summed E-state index contributed by atoms with van der Waals surface area (Å²) < 4.78 is 5.18. The van der Waals surface area contributed by atoms with Crippen molar-refractivity contribution in [3.63, 3.8) is 0 Å². The van der Waals surface area contributed by atoms with Gasteiger partial charge >= 0.3 is 11.8 Å². The molecule has 1 aliphatic rings. The molecule has 12 heteroatoms. The standard InChI is InChI=1S/C28H34N10O2/c1-17-14-19(6-7-20(17)18(2)32-25(39)26-34-27(37-40-26)28(3,4)5)21-15-23(31-16-30-21)33-22-8-9-24(36-35-22)38-12-10-29-11-13-38/h6-9,14-16,18,29H,10-13H2,1-5H3,(H,32,39)(H,30,31,33,35)/t18-/m1/s1. The van der Waals surface area contributed by atoms with Gasteiger partial charge in [0.2, 0.25) is 0 Å². The number of aromatic nitrogens is 6. The zero-order chi connectivity index (χ0) is 28.3. The van der Waals surface area contributed by atoms with Crippen LogP contribution in [-0.4, -0.2) is 62.4 Å². The van der Waals surface area contributed by atoms with Gasteiger partial charge in [0.1, 0.15) is 12.1 Å². The maximum Gasteiger partial charge on any atom is 0.315 e. The molecule has 1 amide bonds. The van der Waals surface area contributed by atoms with E-state index in [1.165, 1.54) is 6.33 Å². The number of hydrogen-bond donors (Lipinski definition) is 3. The summed E-state index contributed by atoms with van der Waals surface area (Å²) >= 11 is 0. The third-order valence-corrected chi connectivity index (χ3v) is 6.69. The molecule has 0 unspecified atom stereocenters. The maximum absolute atomic E-state index is 12.7. The largest absolute Gasteiger partial charge is 0.353 e. The monoisotopic (exact) mass is 542 g/mol. The lowest BCUT2D eigenvalue weighted by Crippen LogP contribution is -2.43. The Kier molecular flexibility index (Phi) is 7.69. The minimum Gasteiger partial charge on any atom is -0.353 e. The highest BCUT2D eigenvalue weighted by Crippen LogP contribution is 2.26. The molecule has 0 saturated carbocycles. The minimum atomic E-state index is -0.408. The Morgan fingerprint density at radius 2 is 1.85 bits per heavy atom. The number of aryl methyl sites for hydroxylation is 1. The van der Waals surface area contributed by atoms with E-state index < -0.39 is 5.91 Å². The zero-order valence-corrected chi connectivity index (χ0v) is 23.4. The maximum atomic E-state index is 12.7. The molecule has 1 aromatic carbocycles. The van der Waals surface area contributed by atoms with Crippen LogP contribution < -0.4 is 20.9 Å². The third-order valence-electron chi connectivity index (χ3n) is 6.69. The molecule has 5 rings (SSSR count). The summed E-state index contributed by atoms with van der Waals surface area (Å²) in [6.07, 6.45) is 1.52. The van der Waals surface area contributed by atoms with Gasteiger partial charge < -0.3 is 25.4 Å². The van der Waals surface area contributed by atoms with E-state index in [-0.39, 0.29) is 17.3 Å². The van der Waals surface area contributed by atoms with Gasteiger partial charge in [-0.2, -0.15) is 4.98 Å². The van der Waals surface area contributed by atoms with Gasteiger partial charge in [-0.3, -0.25) is 4.79 Å². The SMILES string of the molecule is Cc1cc(-c2cc(Nc3ccc(N4CCNCC4)nn3)ncn2)ccc1[C@@H](C)NC(=O)c1nc(C(C)(C)C)no1. The molecule has 0 bridgehead atoms. The quantitative estimate of drug-likeness (QED) is 0.315. The Hall–Kier alpha value is -4.45. The van der Waals surface area contributed by atoms with Gasteiger partial charge in [-0.1, -0.05) is 38.1 Å². The molecule has 1 aliphatic heterocycles. The van der Waals surface area contributed by atoms with Gasteiger partial charge in [0.05, 0.1) is 11.7 Å². The minimum absolute atomic E-state index is 0.0461. The molecule has 1 fully saturated rings. The van der Waals surface area contributed by atoms with E-state index in [0.717, 1.165) is 54.4 Å². The highest BCUT2D eigenvalue weighted by atomic mass is 16.5. The van der Waals surface area contributed by atoms with E-state index in [1.807, 2.05) is 71.0 Å². The fraction of sp³-hybridized carbons (Fsp3) is 0.393. The van der Waals surface area contributed by atoms with Crippen LogP contribution in [-0.2, 0) is 5.41 Å². The highest BCUT2D eigenvalue weighted by molar-refractivity contribution is 5.89. The number of anilines is 3. The molecule has 0 spiro atoms. The second-order valence-corrected chi connectivity index (χ2v) is 10.9. The first kappa shape index (κ1) is 27.1. The Labute approximate surface area is 233 Å². The number of nitrogens with one attached hydrogen (secondary N) is 3. The molecular weight excluding hydrogens is 508 g/mol. The fourth-order valence-corrected chi connectivity index (χ4v) is 4.45. The lowest BCUT2D eigenvalue weighted by Gasteiger charge is -2.27. The molecule has 40 heavy (non-hydrogen) atoms. The van der Waals surface area contributed by atoms with Crippen molar-refractivity contribution in [1.29, 1.82) is 0 Å². The summed E-state index contributed by atoms with van der Waals surface area (Å²) in [5, 5.41) is 22.1. The highest BCUT2D eigenvalue weighted by Gasteiger charge is 2.25. The van der Waals surface area contributed by atoms with Crippen molar-refractivity contribution >= 4 is 23.4 Å². The fourth-order valence-electron chi connectivity index (χ4n) is 4.45. The zero-order valence-electron chi connectivity index (χ0n) is 23.4. The van der Waals surface area contributed by atoms with Crippen molar-refractivity contribution in [2.45, 2.75) is 46.1 Å². The van der Waals surface area contributed by atoms with Crippen LogP contribution in [0.15, 0.2) is 47.2 Å². The molecule has 12 nitrogen and oxygen atoms in total. The van der Waals surface area contributed by atoms with Gasteiger partial charge in [-0.15, -0.1) is 10.2 Å². The predicted molar refractivity (Wildman–Crippen MR) is 151 cm³/mol. The van der Waals surface area contributed by atoms with E-state index in [4.69, 9.17) is 4.52 Å². The number of carbonyl (C=O) groups excluding carboxylic acids is 1. The van der Waals surface area contributed by atoms with E-state index in [9.17, 15) is 4.79 Å². The van der Waals surface area contributed by atoms with E-state index >= 15 is 0 Å². The van der Waals surface area contributed by atoms with Crippen LogP contribution in [0.4, 0.5) is 17.5 Å². The van der Waals surface area contributed by atoms with E-state index in [0.29, 0.717) is 17.5 Å². The lowest BCUT2D eigenvalue weighted by atomic mass is 9.96. The summed E-state index contributed by atoms with van der Waals surface area (Å²) in [5.74, 6) is 2.12. The molecular formula is C28H34N10O2. The Balaban J connectivity index is 1.25. The molecule has 0 radical (unpaired) electrons. The molecule has 3 N–H and O–H groups in total. The van der Waals surface area contributed by atoms with E-state index in [1.54, 1.807) is 0 Å². The van der Waals surface area contributed by atoms with Crippen molar-refractivity contribution in [3.05, 3.63) is 65.6 Å². The van der Waals surface area contributed by atoms with Crippen LogP contribution in [0.25, 0.3) is 11.3 Å². The summed E-state index contributed by atoms with van der Waals surface area (Å²) in [7, 11) is 0. The topological polar surface area (TPSA) is 147 Å². The molecule has 1 atom stereocenters. The van der Waals surface area contributed by atoms with Crippen LogP contribution in [0.2, 0.25) is 0 Å². The van der Waals surface area contributed by atoms with Crippen LogP contribution in [0.3, 0.4) is 0 Å². The molecule has 3 aromatic heterocycles. The van der Waals surface area contributed by atoms with Gasteiger partial charge in [0.25, 0.3) is 0 Å². The number of nitrogens with zero attached hydrogens (tertiary/aromatic N) is 7.